The van der Waals surface area contributed by atoms with E-state index < -0.39 is 0 Å². The zero-order chi connectivity index (χ0) is 17.9. The van der Waals surface area contributed by atoms with Crippen LogP contribution in [0.1, 0.15) is 37.1 Å². The fourth-order valence-electron chi connectivity index (χ4n) is 4.04. The summed E-state index contributed by atoms with van der Waals surface area (Å²) in [5.41, 5.74) is 2.30. The quantitative estimate of drug-likeness (QED) is 0.864. The molecule has 138 valence electrons. The first kappa shape index (κ1) is 17.1. The third-order valence-corrected chi connectivity index (χ3v) is 5.61. The molecule has 0 radical (unpaired) electrons. The summed E-state index contributed by atoms with van der Waals surface area (Å²) in [6, 6.07) is 8.61. The Labute approximate surface area is 153 Å². The normalized spacial score (nSPS) is 22.4. The van der Waals surface area contributed by atoms with E-state index in [9.17, 15) is 4.79 Å². The maximum absolute atomic E-state index is 11.6. The summed E-state index contributed by atoms with van der Waals surface area (Å²) in [5.74, 6) is 2.32. The highest BCUT2D eigenvalue weighted by molar-refractivity contribution is 5.62. The monoisotopic (exact) mass is 354 g/mol. The van der Waals surface area contributed by atoms with Gasteiger partial charge in [-0.2, -0.15) is 5.10 Å². The van der Waals surface area contributed by atoms with Gasteiger partial charge in [-0.05, 0) is 36.5 Å². The smallest absolute Gasteiger partial charge is 0.343 e. The Morgan fingerprint density at radius 1 is 1.31 bits per heavy atom. The SMILES string of the molecule is Cn1c(C[C@H]2CCCC[C@H]2NCC2=Cc3ccccc3OC2)n[nH]c1=O. The number of aromatic nitrogens is 3. The summed E-state index contributed by atoms with van der Waals surface area (Å²) in [4.78, 5) is 11.6. The molecule has 1 aliphatic heterocycles. The number of fused-ring (bicyclic) bond motifs is 1. The molecule has 26 heavy (non-hydrogen) atoms. The van der Waals surface area contributed by atoms with E-state index in [0.717, 1.165) is 30.1 Å². The minimum Gasteiger partial charge on any atom is -0.489 e. The average Bonchev–Trinajstić information content (AvgIpc) is 2.99. The Morgan fingerprint density at radius 2 is 2.15 bits per heavy atom. The van der Waals surface area contributed by atoms with E-state index in [1.807, 2.05) is 18.2 Å². The lowest BCUT2D eigenvalue weighted by molar-refractivity contribution is 0.257. The molecule has 4 rings (SSSR count). The van der Waals surface area contributed by atoms with Crippen LogP contribution in [0.3, 0.4) is 0 Å². The van der Waals surface area contributed by atoms with Gasteiger partial charge in [-0.3, -0.25) is 4.57 Å². The molecule has 0 spiro atoms. The van der Waals surface area contributed by atoms with Crippen molar-refractivity contribution in [3.05, 3.63) is 51.7 Å². The van der Waals surface area contributed by atoms with Gasteiger partial charge in [0, 0.05) is 31.6 Å². The summed E-state index contributed by atoms with van der Waals surface area (Å²) < 4.78 is 7.48. The standard InChI is InChI=1S/C20H26N4O2/c1-24-19(22-23-20(24)25)11-15-6-2-4-8-17(15)21-12-14-10-16-7-3-5-9-18(16)26-13-14/h3,5,7,9-10,15,17,21H,2,4,6,8,11-13H2,1H3,(H,23,25)/t15-,17-/m1/s1. The molecule has 1 saturated carbocycles. The van der Waals surface area contributed by atoms with Gasteiger partial charge in [0.2, 0.25) is 0 Å². The molecule has 0 amide bonds. The molecule has 1 aromatic heterocycles. The molecule has 0 unspecified atom stereocenters. The Bertz CT molecular complexity index is 851. The number of benzene rings is 1. The lowest BCUT2D eigenvalue weighted by Crippen LogP contribution is -2.41. The number of ether oxygens (including phenoxy) is 1. The summed E-state index contributed by atoms with van der Waals surface area (Å²) in [7, 11) is 1.79. The average molecular weight is 354 g/mol. The Morgan fingerprint density at radius 3 is 3.00 bits per heavy atom. The molecule has 1 aromatic carbocycles. The van der Waals surface area contributed by atoms with Gasteiger partial charge in [0.25, 0.3) is 0 Å². The van der Waals surface area contributed by atoms with Crippen LogP contribution in [0.4, 0.5) is 0 Å². The van der Waals surface area contributed by atoms with Crippen LogP contribution in [-0.4, -0.2) is 34.0 Å². The molecule has 0 saturated heterocycles. The van der Waals surface area contributed by atoms with Crippen LogP contribution in [0.2, 0.25) is 0 Å². The molecule has 2 aliphatic rings. The summed E-state index contributed by atoms with van der Waals surface area (Å²) in [5, 5.41) is 10.5. The van der Waals surface area contributed by atoms with Gasteiger partial charge in [0.15, 0.2) is 0 Å². The predicted octanol–water partition coefficient (Wildman–Crippen LogP) is 2.28. The molecule has 6 heteroatoms. The van der Waals surface area contributed by atoms with Gasteiger partial charge >= 0.3 is 5.69 Å². The first-order chi connectivity index (χ1) is 12.7. The van der Waals surface area contributed by atoms with Gasteiger partial charge in [0.1, 0.15) is 18.2 Å². The highest BCUT2D eigenvalue weighted by atomic mass is 16.5. The summed E-state index contributed by atoms with van der Waals surface area (Å²) in [6.45, 7) is 1.49. The van der Waals surface area contributed by atoms with E-state index in [-0.39, 0.29) is 5.69 Å². The van der Waals surface area contributed by atoms with E-state index in [1.165, 1.54) is 31.3 Å². The topological polar surface area (TPSA) is 71.9 Å². The molecule has 1 aliphatic carbocycles. The third kappa shape index (κ3) is 3.60. The van der Waals surface area contributed by atoms with E-state index >= 15 is 0 Å². The highest BCUT2D eigenvalue weighted by Gasteiger charge is 2.27. The van der Waals surface area contributed by atoms with Crippen molar-refractivity contribution in [2.75, 3.05) is 13.2 Å². The second-order valence-corrected chi connectivity index (χ2v) is 7.37. The van der Waals surface area contributed by atoms with Crippen molar-refractivity contribution < 1.29 is 4.74 Å². The van der Waals surface area contributed by atoms with Crippen LogP contribution in [0.15, 0.2) is 34.6 Å². The minimum absolute atomic E-state index is 0.136. The molecule has 2 atom stereocenters. The van der Waals surface area contributed by atoms with E-state index in [1.54, 1.807) is 11.6 Å². The van der Waals surface area contributed by atoms with Gasteiger partial charge in [-0.15, -0.1) is 0 Å². The van der Waals surface area contributed by atoms with Crippen LogP contribution in [0.5, 0.6) is 5.75 Å². The number of nitrogens with zero attached hydrogens (tertiary/aromatic N) is 2. The molecule has 1 fully saturated rings. The van der Waals surface area contributed by atoms with Crippen molar-refractivity contribution >= 4 is 6.08 Å². The predicted molar refractivity (Wildman–Crippen MR) is 101 cm³/mol. The summed E-state index contributed by atoms with van der Waals surface area (Å²) in [6.07, 6.45) is 7.93. The second-order valence-electron chi connectivity index (χ2n) is 7.37. The Kier molecular flexibility index (Phi) is 4.93. The van der Waals surface area contributed by atoms with Crippen LogP contribution >= 0.6 is 0 Å². The Hall–Kier alpha value is -2.34. The zero-order valence-electron chi connectivity index (χ0n) is 15.2. The maximum Gasteiger partial charge on any atom is 0.343 e. The number of para-hydroxylation sites is 1. The van der Waals surface area contributed by atoms with Crippen molar-refractivity contribution in [1.29, 1.82) is 0 Å². The van der Waals surface area contributed by atoms with Crippen molar-refractivity contribution in [2.24, 2.45) is 13.0 Å². The second kappa shape index (κ2) is 7.50. The molecular formula is C20H26N4O2. The van der Waals surface area contributed by atoms with E-state index in [4.69, 9.17) is 4.74 Å². The van der Waals surface area contributed by atoms with Crippen LogP contribution < -0.4 is 15.7 Å². The first-order valence-corrected chi connectivity index (χ1v) is 9.45. The van der Waals surface area contributed by atoms with E-state index in [0.29, 0.717) is 18.6 Å². The highest BCUT2D eigenvalue weighted by Crippen LogP contribution is 2.28. The van der Waals surface area contributed by atoms with Crippen molar-refractivity contribution in [2.45, 2.75) is 38.1 Å². The number of aromatic amines is 1. The zero-order valence-corrected chi connectivity index (χ0v) is 15.2. The van der Waals surface area contributed by atoms with Crippen LogP contribution in [0, 0.1) is 5.92 Å². The summed E-state index contributed by atoms with van der Waals surface area (Å²) >= 11 is 0. The van der Waals surface area contributed by atoms with E-state index in [2.05, 4.69) is 27.7 Å². The number of nitrogens with one attached hydrogen (secondary N) is 2. The van der Waals surface area contributed by atoms with Crippen LogP contribution in [0.25, 0.3) is 6.08 Å². The van der Waals surface area contributed by atoms with Gasteiger partial charge in [-0.1, -0.05) is 31.0 Å². The van der Waals surface area contributed by atoms with Crippen molar-refractivity contribution in [1.82, 2.24) is 20.1 Å². The largest absolute Gasteiger partial charge is 0.489 e. The molecule has 2 N–H and O–H groups in total. The Balaban J connectivity index is 1.40. The number of hydrogen-bond acceptors (Lipinski definition) is 4. The van der Waals surface area contributed by atoms with Crippen molar-refractivity contribution in [3.63, 3.8) is 0 Å². The van der Waals surface area contributed by atoms with Gasteiger partial charge < -0.3 is 10.1 Å². The fraction of sp³-hybridized carbons (Fsp3) is 0.500. The van der Waals surface area contributed by atoms with Gasteiger partial charge in [0.05, 0.1) is 0 Å². The number of hydrogen-bond donors (Lipinski definition) is 2. The molecule has 0 bridgehead atoms. The fourth-order valence-corrected chi connectivity index (χ4v) is 4.04. The van der Waals surface area contributed by atoms with Crippen LogP contribution in [-0.2, 0) is 13.5 Å². The molecule has 2 heterocycles. The molecular weight excluding hydrogens is 328 g/mol. The lowest BCUT2D eigenvalue weighted by atomic mass is 9.82. The lowest BCUT2D eigenvalue weighted by Gasteiger charge is -2.32. The first-order valence-electron chi connectivity index (χ1n) is 9.45. The van der Waals surface area contributed by atoms with Gasteiger partial charge in [-0.25, -0.2) is 9.89 Å². The third-order valence-electron chi connectivity index (χ3n) is 5.61. The maximum atomic E-state index is 11.6. The minimum atomic E-state index is -0.136. The van der Waals surface area contributed by atoms with Crippen molar-refractivity contribution in [3.8, 4) is 5.75 Å². The molecule has 6 nitrogen and oxygen atoms in total. The number of rotatable bonds is 5. The number of H-pyrrole nitrogens is 1. The molecule has 2 aromatic rings.